The minimum Gasteiger partial charge on any atom is -0.369 e. The van der Waals surface area contributed by atoms with Crippen LogP contribution < -0.4 is 17.0 Å². The number of hydrogen-bond acceptors (Lipinski definition) is 8. The predicted octanol–water partition coefficient (Wildman–Crippen LogP) is 0.689. The second-order valence-corrected chi connectivity index (χ2v) is 8.23. The molecule has 0 aromatic carbocycles. The number of piperidine rings is 1. The van der Waals surface area contributed by atoms with E-state index in [1.165, 1.54) is 6.20 Å². The van der Waals surface area contributed by atoms with Gasteiger partial charge >= 0.3 is 5.69 Å². The molecule has 5 heterocycles. The SMILES string of the molecule is N#Cc1ccc(-c2ccc3ncc4c(=O)[nH]c(=O)n(C5CCN(CC(N)=O)CC5)c4c3n2)cn1. The minimum atomic E-state index is -0.524. The van der Waals surface area contributed by atoms with Crippen molar-refractivity contribution in [3.63, 3.8) is 0 Å². The van der Waals surface area contributed by atoms with E-state index in [0.29, 0.717) is 59.4 Å². The molecule has 1 fully saturated rings. The number of nitriles is 1. The first-order valence-corrected chi connectivity index (χ1v) is 10.8. The third kappa shape index (κ3) is 3.80. The Bertz CT molecular complexity index is 1580. The molecule has 4 aromatic heterocycles. The van der Waals surface area contributed by atoms with Crippen molar-refractivity contribution in [2.75, 3.05) is 19.6 Å². The Labute approximate surface area is 192 Å². The summed E-state index contributed by atoms with van der Waals surface area (Å²) in [6, 6.07) is 8.69. The van der Waals surface area contributed by atoms with Crippen LogP contribution in [-0.4, -0.2) is 54.9 Å². The lowest BCUT2D eigenvalue weighted by Gasteiger charge is -2.32. The molecule has 11 nitrogen and oxygen atoms in total. The fourth-order valence-electron chi connectivity index (χ4n) is 4.47. The molecule has 0 bridgehead atoms. The smallest absolute Gasteiger partial charge is 0.329 e. The number of nitrogens with two attached hydrogens (primary N) is 1. The lowest BCUT2D eigenvalue weighted by atomic mass is 10.0. The van der Waals surface area contributed by atoms with E-state index in [9.17, 15) is 14.4 Å². The molecular weight excluding hydrogens is 436 g/mol. The molecule has 1 aliphatic heterocycles. The fourth-order valence-corrected chi connectivity index (χ4v) is 4.47. The van der Waals surface area contributed by atoms with E-state index >= 15 is 0 Å². The number of pyridine rings is 3. The van der Waals surface area contributed by atoms with Crippen LogP contribution in [0.3, 0.4) is 0 Å². The molecule has 5 rings (SSSR count). The van der Waals surface area contributed by atoms with Gasteiger partial charge in [-0.05, 0) is 37.1 Å². The summed E-state index contributed by atoms with van der Waals surface area (Å²) in [7, 11) is 0. The summed E-state index contributed by atoms with van der Waals surface area (Å²) >= 11 is 0. The van der Waals surface area contributed by atoms with Crippen LogP contribution in [0.2, 0.25) is 0 Å². The van der Waals surface area contributed by atoms with Crippen molar-refractivity contribution in [1.29, 1.82) is 5.26 Å². The minimum absolute atomic E-state index is 0.171. The van der Waals surface area contributed by atoms with Crippen molar-refractivity contribution in [3.8, 4) is 17.3 Å². The van der Waals surface area contributed by atoms with Gasteiger partial charge in [-0.25, -0.2) is 14.8 Å². The van der Waals surface area contributed by atoms with Gasteiger partial charge in [-0.1, -0.05) is 0 Å². The molecule has 0 spiro atoms. The highest BCUT2D eigenvalue weighted by Crippen LogP contribution is 2.28. The van der Waals surface area contributed by atoms with Gasteiger partial charge < -0.3 is 5.73 Å². The maximum atomic E-state index is 13.0. The first kappa shape index (κ1) is 21.4. The van der Waals surface area contributed by atoms with E-state index in [0.717, 1.165) is 0 Å². The molecule has 3 N–H and O–H groups in total. The molecule has 4 aromatic rings. The van der Waals surface area contributed by atoms with Crippen LogP contribution in [0.5, 0.6) is 0 Å². The highest BCUT2D eigenvalue weighted by atomic mass is 16.2. The highest BCUT2D eigenvalue weighted by molar-refractivity contribution is 6.01. The molecule has 1 saturated heterocycles. The number of aromatic nitrogens is 5. The fraction of sp³-hybridized carbons (Fsp3) is 0.261. The third-order valence-corrected chi connectivity index (χ3v) is 6.09. The number of fused-ring (bicyclic) bond motifs is 3. The van der Waals surface area contributed by atoms with E-state index < -0.39 is 17.2 Å². The summed E-state index contributed by atoms with van der Waals surface area (Å²) in [4.78, 5) is 54.5. The van der Waals surface area contributed by atoms with E-state index in [1.54, 1.807) is 35.0 Å². The number of aromatic amines is 1. The van der Waals surface area contributed by atoms with Crippen molar-refractivity contribution in [2.45, 2.75) is 18.9 Å². The first-order valence-electron chi connectivity index (χ1n) is 10.8. The maximum absolute atomic E-state index is 13.0. The van der Waals surface area contributed by atoms with E-state index in [4.69, 9.17) is 16.0 Å². The number of amides is 1. The molecule has 11 heteroatoms. The van der Waals surface area contributed by atoms with Gasteiger partial charge in [-0.15, -0.1) is 0 Å². The molecular formula is C23H20N8O3. The molecule has 1 aliphatic rings. The number of H-pyrrole nitrogens is 1. The Morgan fingerprint density at radius 2 is 1.94 bits per heavy atom. The Morgan fingerprint density at radius 1 is 1.15 bits per heavy atom. The standard InChI is InChI=1S/C23H20N8O3/c24-9-14-2-1-13(10-26-14)17-3-4-18-20(28-17)21-16(11-27-18)22(33)29-23(34)31(21)15-5-7-30(8-6-15)12-19(25)32/h1-4,10-11,15H,5-8,12H2,(H2,25,32)(H,29,33,34). The van der Waals surface area contributed by atoms with Crippen LogP contribution in [0.1, 0.15) is 24.6 Å². The van der Waals surface area contributed by atoms with Crippen molar-refractivity contribution in [2.24, 2.45) is 5.73 Å². The zero-order valence-electron chi connectivity index (χ0n) is 18.1. The summed E-state index contributed by atoms with van der Waals surface area (Å²) in [6.45, 7) is 1.36. The lowest BCUT2D eigenvalue weighted by molar-refractivity contribution is -0.119. The van der Waals surface area contributed by atoms with Crippen molar-refractivity contribution >= 4 is 27.8 Å². The van der Waals surface area contributed by atoms with Gasteiger partial charge in [-0.3, -0.25) is 29.0 Å². The Kier molecular flexibility index (Phi) is 5.35. The van der Waals surface area contributed by atoms with Gasteiger partial charge in [0.05, 0.1) is 28.7 Å². The van der Waals surface area contributed by atoms with Gasteiger partial charge in [0.2, 0.25) is 5.91 Å². The van der Waals surface area contributed by atoms with Crippen LogP contribution in [-0.2, 0) is 4.79 Å². The molecule has 170 valence electrons. The molecule has 0 atom stereocenters. The molecule has 0 radical (unpaired) electrons. The maximum Gasteiger partial charge on any atom is 0.329 e. The number of rotatable bonds is 4. The number of carbonyl (C=O) groups is 1. The van der Waals surface area contributed by atoms with Crippen molar-refractivity contribution < 1.29 is 4.79 Å². The largest absolute Gasteiger partial charge is 0.369 e. The summed E-state index contributed by atoms with van der Waals surface area (Å²) in [5.41, 5.74) is 7.24. The van der Waals surface area contributed by atoms with E-state index in [1.807, 2.05) is 11.0 Å². The predicted molar refractivity (Wildman–Crippen MR) is 124 cm³/mol. The van der Waals surface area contributed by atoms with Gasteiger partial charge in [0, 0.05) is 37.1 Å². The summed E-state index contributed by atoms with van der Waals surface area (Å²) < 4.78 is 1.59. The average Bonchev–Trinajstić information content (AvgIpc) is 2.84. The molecule has 34 heavy (non-hydrogen) atoms. The average molecular weight is 456 g/mol. The normalized spacial score (nSPS) is 14.9. The monoisotopic (exact) mass is 456 g/mol. The molecule has 1 amide bonds. The lowest BCUT2D eigenvalue weighted by Crippen LogP contribution is -2.42. The van der Waals surface area contributed by atoms with Crippen LogP contribution in [0, 0.1) is 11.3 Å². The molecule has 0 aliphatic carbocycles. The number of primary amides is 1. The van der Waals surface area contributed by atoms with Crippen LogP contribution in [0.4, 0.5) is 0 Å². The number of nitrogens with one attached hydrogen (secondary N) is 1. The van der Waals surface area contributed by atoms with Crippen LogP contribution in [0.25, 0.3) is 33.2 Å². The second-order valence-electron chi connectivity index (χ2n) is 8.23. The number of nitrogens with zero attached hydrogens (tertiary/aromatic N) is 6. The summed E-state index contributed by atoms with van der Waals surface area (Å²) in [6.07, 6.45) is 4.23. The topological polar surface area (TPSA) is 164 Å². The van der Waals surface area contributed by atoms with Gasteiger partial charge in [0.1, 0.15) is 17.3 Å². The second kappa shape index (κ2) is 8.49. The number of likely N-dealkylation sites (tertiary alicyclic amines) is 1. The quantitative estimate of drug-likeness (QED) is 0.424. The number of carbonyl (C=O) groups excluding carboxylic acids is 1. The Hall–Kier alpha value is -4.43. The van der Waals surface area contributed by atoms with Crippen molar-refractivity contribution in [1.82, 2.24) is 29.4 Å². The third-order valence-electron chi connectivity index (χ3n) is 6.09. The molecule has 0 saturated carbocycles. The first-order chi connectivity index (χ1) is 16.4. The van der Waals surface area contributed by atoms with Crippen molar-refractivity contribution in [3.05, 3.63) is 63.2 Å². The zero-order chi connectivity index (χ0) is 23.8. The van der Waals surface area contributed by atoms with E-state index in [-0.39, 0.29) is 18.0 Å². The van der Waals surface area contributed by atoms with Gasteiger partial charge in [-0.2, -0.15) is 5.26 Å². The highest BCUT2D eigenvalue weighted by Gasteiger charge is 2.25. The zero-order valence-corrected chi connectivity index (χ0v) is 18.1. The Balaban J connectivity index is 1.67. The summed E-state index contributed by atoms with van der Waals surface area (Å²) in [5.74, 6) is -0.392. The number of hydrogen-bond donors (Lipinski definition) is 2. The summed E-state index contributed by atoms with van der Waals surface area (Å²) in [5, 5.41) is 9.27. The molecule has 0 unspecified atom stereocenters. The van der Waals surface area contributed by atoms with Crippen LogP contribution >= 0.6 is 0 Å². The van der Waals surface area contributed by atoms with Gasteiger partial charge in [0.15, 0.2) is 0 Å². The van der Waals surface area contributed by atoms with Gasteiger partial charge in [0.25, 0.3) is 5.56 Å². The van der Waals surface area contributed by atoms with E-state index in [2.05, 4.69) is 15.0 Å². The van der Waals surface area contributed by atoms with Crippen LogP contribution in [0.15, 0.2) is 46.2 Å². The Morgan fingerprint density at radius 3 is 2.62 bits per heavy atom.